The third-order valence-electron chi connectivity index (χ3n) is 6.12. The molecular formula is C25H26N4O3. The molecule has 1 heterocycles. The molecule has 0 atom stereocenters. The van der Waals surface area contributed by atoms with Gasteiger partial charge in [0.15, 0.2) is 5.69 Å². The number of amides is 2. The van der Waals surface area contributed by atoms with Crippen LogP contribution < -0.4 is 15.4 Å². The molecule has 3 aromatic rings. The van der Waals surface area contributed by atoms with Crippen LogP contribution in [-0.4, -0.2) is 34.7 Å². The van der Waals surface area contributed by atoms with Crippen LogP contribution in [0.5, 0.6) is 5.75 Å². The van der Waals surface area contributed by atoms with Crippen molar-refractivity contribution in [1.82, 2.24) is 15.1 Å². The van der Waals surface area contributed by atoms with E-state index in [-0.39, 0.29) is 17.9 Å². The molecule has 2 aromatic carbocycles. The van der Waals surface area contributed by atoms with E-state index >= 15 is 0 Å². The van der Waals surface area contributed by atoms with Gasteiger partial charge in [-0.25, -0.2) is 4.68 Å². The number of ether oxygens (including phenoxy) is 1. The molecule has 7 heteroatoms. The average molecular weight is 431 g/mol. The number of hydrogen-bond acceptors (Lipinski definition) is 4. The first kappa shape index (κ1) is 20.3. The summed E-state index contributed by atoms with van der Waals surface area (Å²) in [6, 6.07) is 13.3. The van der Waals surface area contributed by atoms with Crippen molar-refractivity contribution in [2.45, 2.75) is 45.1 Å². The van der Waals surface area contributed by atoms with Crippen molar-refractivity contribution < 1.29 is 14.3 Å². The molecule has 32 heavy (non-hydrogen) atoms. The second kappa shape index (κ2) is 8.15. The Kier molecular flexibility index (Phi) is 5.17. The Hall–Kier alpha value is -3.61. The molecule has 2 aliphatic rings. The lowest BCUT2D eigenvalue weighted by molar-refractivity contribution is 0.0951. The minimum absolute atomic E-state index is 0.211. The molecule has 164 valence electrons. The number of fused-ring (bicyclic) bond motifs is 1. The number of carbonyl (C=O) groups is 2. The number of aromatic nitrogens is 2. The van der Waals surface area contributed by atoms with E-state index in [4.69, 9.17) is 9.84 Å². The fourth-order valence-electron chi connectivity index (χ4n) is 4.24. The number of methoxy groups -OCH3 is 1. The highest BCUT2D eigenvalue weighted by Crippen LogP contribution is 2.30. The van der Waals surface area contributed by atoms with Gasteiger partial charge < -0.3 is 15.4 Å². The molecule has 1 fully saturated rings. The van der Waals surface area contributed by atoms with Crippen LogP contribution in [0.15, 0.2) is 42.5 Å². The van der Waals surface area contributed by atoms with E-state index in [0.717, 1.165) is 54.6 Å². The fraction of sp³-hybridized carbons (Fsp3) is 0.320. The summed E-state index contributed by atoms with van der Waals surface area (Å²) >= 11 is 0. The highest BCUT2D eigenvalue weighted by atomic mass is 16.5. The first-order chi connectivity index (χ1) is 15.5. The minimum Gasteiger partial charge on any atom is -0.497 e. The zero-order chi connectivity index (χ0) is 22.2. The Balaban J connectivity index is 1.48. The number of aryl methyl sites for hydroxylation is 1. The molecule has 1 aromatic heterocycles. The van der Waals surface area contributed by atoms with E-state index in [0.29, 0.717) is 22.7 Å². The molecular weight excluding hydrogens is 404 g/mol. The topological polar surface area (TPSA) is 85.2 Å². The minimum atomic E-state index is -0.305. The van der Waals surface area contributed by atoms with Crippen LogP contribution in [0.3, 0.4) is 0 Å². The zero-order valence-electron chi connectivity index (χ0n) is 18.3. The maximum Gasteiger partial charge on any atom is 0.276 e. The Morgan fingerprint density at radius 1 is 1.09 bits per heavy atom. The molecule has 0 aliphatic heterocycles. The molecule has 0 unspecified atom stereocenters. The first-order valence-corrected chi connectivity index (χ1v) is 11.0. The van der Waals surface area contributed by atoms with Gasteiger partial charge >= 0.3 is 0 Å². The van der Waals surface area contributed by atoms with E-state index in [9.17, 15) is 9.59 Å². The summed E-state index contributed by atoms with van der Waals surface area (Å²) in [6.45, 7) is 2.04. The second-order valence-electron chi connectivity index (χ2n) is 8.44. The van der Waals surface area contributed by atoms with Gasteiger partial charge in [-0.15, -0.1) is 0 Å². The van der Waals surface area contributed by atoms with Gasteiger partial charge in [0.1, 0.15) is 5.75 Å². The molecule has 2 amide bonds. The summed E-state index contributed by atoms with van der Waals surface area (Å²) in [6.07, 6.45) is 4.68. The predicted molar refractivity (Wildman–Crippen MR) is 122 cm³/mol. The Morgan fingerprint density at radius 2 is 1.91 bits per heavy atom. The number of rotatable bonds is 6. The Morgan fingerprint density at radius 3 is 2.66 bits per heavy atom. The van der Waals surface area contributed by atoms with Gasteiger partial charge in [-0.05, 0) is 68.9 Å². The molecule has 0 spiro atoms. The molecule has 1 saturated carbocycles. The van der Waals surface area contributed by atoms with Crippen LogP contribution in [0.1, 0.15) is 56.9 Å². The van der Waals surface area contributed by atoms with Gasteiger partial charge in [0.25, 0.3) is 11.8 Å². The molecule has 7 nitrogen and oxygen atoms in total. The summed E-state index contributed by atoms with van der Waals surface area (Å²) in [5, 5.41) is 10.6. The van der Waals surface area contributed by atoms with E-state index in [1.807, 2.05) is 35.9 Å². The van der Waals surface area contributed by atoms with Crippen molar-refractivity contribution in [3.63, 3.8) is 0 Å². The average Bonchev–Trinajstić information content (AvgIpc) is 3.34. The van der Waals surface area contributed by atoms with Crippen LogP contribution in [0.25, 0.3) is 5.69 Å². The molecule has 5 rings (SSSR count). The quantitative estimate of drug-likeness (QED) is 0.623. The molecule has 2 aliphatic carbocycles. The van der Waals surface area contributed by atoms with Crippen molar-refractivity contribution in [1.29, 1.82) is 0 Å². The highest BCUT2D eigenvalue weighted by molar-refractivity contribution is 6.09. The summed E-state index contributed by atoms with van der Waals surface area (Å²) in [4.78, 5) is 26.1. The smallest absolute Gasteiger partial charge is 0.276 e. The second-order valence-corrected chi connectivity index (χ2v) is 8.44. The maximum atomic E-state index is 13.3. The van der Waals surface area contributed by atoms with Crippen molar-refractivity contribution in [2.75, 3.05) is 12.4 Å². The predicted octanol–water partition coefficient (Wildman–Crippen LogP) is 3.82. The third kappa shape index (κ3) is 3.75. The lowest BCUT2D eigenvalue weighted by Crippen LogP contribution is -2.27. The molecule has 2 N–H and O–H groups in total. The van der Waals surface area contributed by atoms with Gasteiger partial charge in [-0.3, -0.25) is 9.59 Å². The van der Waals surface area contributed by atoms with E-state index in [1.54, 1.807) is 25.3 Å². The molecule has 0 radical (unpaired) electrons. The largest absolute Gasteiger partial charge is 0.497 e. The number of nitrogens with zero attached hydrogens (tertiary/aromatic N) is 2. The highest BCUT2D eigenvalue weighted by Gasteiger charge is 2.29. The van der Waals surface area contributed by atoms with E-state index in [1.165, 1.54) is 0 Å². The molecule has 0 bridgehead atoms. The summed E-state index contributed by atoms with van der Waals surface area (Å²) in [7, 11) is 1.55. The van der Waals surface area contributed by atoms with Gasteiger partial charge in [-0.1, -0.05) is 18.2 Å². The van der Waals surface area contributed by atoms with Crippen molar-refractivity contribution >= 4 is 17.5 Å². The first-order valence-electron chi connectivity index (χ1n) is 11.0. The van der Waals surface area contributed by atoms with E-state index in [2.05, 4.69) is 10.6 Å². The van der Waals surface area contributed by atoms with Crippen molar-refractivity contribution in [2.24, 2.45) is 0 Å². The van der Waals surface area contributed by atoms with Crippen molar-refractivity contribution in [3.8, 4) is 11.4 Å². The summed E-state index contributed by atoms with van der Waals surface area (Å²) in [5.74, 6) is 0.0483. The number of anilines is 1. The van der Waals surface area contributed by atoms with Crippen molar-refractivity contribution in [3.05, 3.63) is 70.5 Å². The normalized spacial score (nSPS) is 14.7. The van der Waals surface area contributed by atoms with Crippen LogP contribution in [0.2, 0.25) is 0 Å². The molecule has 0 saturated heterocycles. The Labute approximate surface area is 186 Å². The fourth-order valence-corrected chi connectivity index (χ4v) is 4.24. The van der Waals surface area contributed by atoms with E-state index < -0.39 is 0 Å². The van der Waals surface area contributed by atoms with Gasteiger partial charge in [-0.2, -0.15) is 5.10 Å². The third-order valence-corrected chi connectivity index (χ3v) is 6.12. The van der Waals surface area contributed by atoms with Gasteiger partial charge in [0.2, 0.25) is 0 Å². The number of nitrogens with one attached hydrogen (secondary N) is 2. The number of hydrogen-bond donors (Lipinski definition) is 2. The zero-order valence-corrected chi connectivity index (χ0v) is 18.3. The summed E-state index contributed by atoms with van der Waals surface area (Å²) < 4.78 is 7.19. The van der Waals surface area contributed by atoms with Crippen LogP contribution in [-0.2, 0) is 12.8 Å². The maximum absolute atomic E-state index is 13.3. The Bertz CT molecular complexity index is 1210. The van der Waals surface area contributed by atoms with Crippen LogP contribution >= 0.6 is 0 Å². The number of benzene rings is 2. The summed E-state index contributed by atoms with van der Waals surface area (Å²) in [5.41, 5.74) is 5.43. The number of carbonyl (C=O) groups excluding carboxylic acids is 2. The van der Waals surface area contributed by atoms with Crippen LogP contribution in [0, 0.1) is 6.92 Å². The number of para-hydroxylation sites is 1. The lowest BCUT2D eigenvalue weighted by Gasteiger charge is -2.12. The van der Waals surface area contributed by atoms with Gasteiger partial charge in [0, 0.05) is 17.3 Å². The van der Waals surface area contributed by atoms with Crippen LogP contribution in [0.4, 0.5) is 5.69 Å². The SMILES string of the molecule is COc1ccc(NC(=O)c2nn(-c3ccccc3C)c3c2CCC3)c(C(=O)NC2CC2)c1. The van der Waals surface area contributed by atoms with Gasteiger partial charge in [0.05, 0.1) is 24.0 Å². The monoisotopic (exact) mass is 430 g/mol. The standard InChI is InChI=1S/C25H26N4O3/c1-15-6-3-4-8-21(15)29-22-9-5-7-18(22)23(28-29)25(31)27-20-13-12-17(32-2)14-19(20)24(30)26-16-10-11-16/h3-4,6,8,12-14,16H,5,7,9-11H2,1-2H3,(H,26,30)(H,27,31). The lowest BCUT2D eigenvalue weighted by atomic mass is 10.1.